The highest BCUT2D eigenvalue weighted by molar-refractivity contribution is 14.0. The molecule has 2 saturated heterocycles. The van der Waals surface area contributed by atoms with E-state index >= 15 is 0 Å². The molecule has 7 nitrogen and oxygen atoms in total. The number of halogens is 1. The number of nitrogens with one attached hydrogen (secondary N) is 1. The molecule has 0 atom stereocenters. The largest absolute Gasteiger partial charge is 0.356 e. The summed E-state index contributed by atoms with van der Waals surface area (Å²) in [5.74, 6) is 2.78. The Morgan fingerprint density at radius 3 is 2.41 bits per heavy atom. The van der Waals surface area contributed by atoms with Crippen LogP contribution in [0.1, 0.15) is 26.2 Å². The van der Waals surface area contributed by atoms with Crippen LogP contribution < -0.4 is 10.2 Å². The topological polar surface area (TPSA) is 59.9 Å². The van der Waals surface area contributed by atoms with E-state index in [-0.39, 0.29) is 24.0 Å². The maximum absolute atomic E-state index is 4.46. The molecular formula is C19H34IN7. The third-order valence-corrected chi connectivity index (χ3v) is 5.44. The van der Waals surface area contributed by atoms with E-state index in [1.54, 1.807) is 0 Å². The number of hydrogen-bond donors (Lipinski definition) is 1. The Hall–Kier alpha value is -1.16. The van der Waals surface area contributed by atoms with Crippen LogP contribution in [0.25, 0.3) is 0 Å². The lowest BCUT2D eigenvalue weighted by Gasteiger charge is -2.35. The van der Waals surface area contributed by atoms with Gasteiger partial charge in [-0.15, -0.1) is 24.0 Å². The van der Waals surface area contributed by atoms with Crippen molar-refractivity contribution in [3.63, 3.8) is 0 Å². The van der Waals surface area contributed by atoms with E-state index in [4.69, 9.17) is 0 Å². The van der Waals surface area contributed by atoms with Gasteiger partial charge in [-0.25, -0.2) is 9.97 Å². The molecule has 3 heterocycles. The molecule has 2 fully saturated rings. The first-order chi connectivity index (χ1) is 12.8. The summed E-state index contributed by atoms with van der Waals surface area (Å²) in [6.45, 7) is 10.9. The zero-order valence-electron chi connectivity index (χ0n) is 16.7. The standard InChI is InChI=1S/C19H33N7.HI/c1-17-5-11-25(12-6-17)18(20-2)21-9-4-10-24-13-15-26(16-14-24)19-22-7-3-8-23-19;/h3,7-8,17H,4-6,9-16H2,1-2H3,(H,20,21);1H. The summed E-state index contributed by atoms with van der Waals surface area (Å²) in [6, 6.07) is 1.87. The van der Waals surface area contributed by atoms with Crippen molar-refractivity contribution in [2.24, 2.45) is 10.9 Å². The lowest BCUT2D eigenvalue weighted by Crippen LogP contribution is -2.48. The summed E-state index contributed by atoms with van der Waals surface area (Å²) in [7, 11) is 1.89. The fraction of sp³-hybridized carbons (Fsp3) is 0.737. The number of aromatic nitrogens is 2. The highest BCUT2D eigenvalue weighted by Crippen LogP contribution is 2.15. The maximum atomic E-state index is 4.46. The highest BCUT2D eigenvalue weighted by atomic mass is 127. The molecule has 2 aliphatic rings. The van der Waals surface area contributed by atoms with Gasteiger partial charge < -0.3 is 15.1 Å². The minimum absolute atomic E-state index is 0. The molecular weight excluding hydrogens is 453 g/mol. The normalized spacial score (nSPS) is 19.7. The van der Waals surface area contributed by atoms with E-state index in [2.05, 4.69) is 41.9 Å². The molecule has 2 aliphatic heterocycles. The lowest BCUT2D eigenvalue weighted by atomic mass is 10.00. The van der Waals surface area contributed by atoms with Crippen LogP contribution in [0, 0.1) is 5.92 Å². The van der Waals surface area contributed by atoms with E-state index in [1.165, 1.54) is 12.8 Å². The second-order valence-corrected chi connectivity index (χ2v) is 7.37. The van der Waals surface area contributed by atoms with Crippen molar-refractivity contribution in [2.45, 2.75) is 26.2 Å². The Morgan fingerprint density at radius 1 is 1.11 bits per heavy atom. The van der Waals surface area contributed by atoms with Crippen molar-refractivity contribution in [1.82, 2.24) is 25.1 Å². The fourth-order valence-electron chi connectivity index (χ4n) is 3.68. The zero-order valence-corrected chi connectivity index (χ0v) is 19.0. The van der Waals surface area contributed by atoms with Gasteiger partial charge in [-0.3, -0.25) is 9.89 Å². The molecule has 1 N–H and O–H groups in total. The van der Waals surface area contributed by atoms with Crippen molar-refractivity contribution < 1.29 is 0 Å². The second-order valence-electron chi connectivity index (χ2n) is 7.37. The Labute approximate surface area is 180 Å². The third kappa shape index (κ3) is 6.74. The van der Waals surface area contributed by atoms with Crippen LogP contribution in [0.4, 0.5) is 5.95 Å². The molecule has 0 amide bonds. The van der Waals surface area contributed by atoms with Crippen LogP contribution >= 0.6 is 24.0 Å². The molecule has 1 aromatic rings. The smallest absolute Gasteiger partial charge is 0.225 e. The first kappa shape index (κ1) is 22.1. The highest BCUT2D eigenvalue weighted by Gasteiger charge is 2.19. The number of likely N-dealkylation sites (tertiary alicyclic amines) is 1. The van der Waals surface area contributed by atoms with E-state index < -0.39 is 0 Å². The number of hydrogen-bond acceptors (Lipinski definition) is 5. The fourth-order valence-corrected chi connectivity index (χ4v) is 3.68. The Morgan fingerprint density at radius 2 is 1.78 bits per heavy atom. The first-order valence-corrected chi connectivity index (χ1v) is 9.96. The monoisotopic (exact) mass is 487 g/mol. The molecule has 0 spiro atoms. The van der Waals surface area contributed by atoms with Crippen LogP contribution in [0.3, 0.4) is 0 Å². The predicted octanol–water partition coefficient (Wildman–Crippen LogP) is 1.91. The average Bonchev–Trinajstić information content (AvgIpc) is 2.70. The number of piperazine rings is 1. The van der Waals surface area contributed by atoms with Crippen LogP contribution in [0.5, 0.6) is 0 Å². The summed E-state index contributed by atoms with van der Waals surface area (Å²) >= 11 is 0. The van der Waals surface area contributed by atoms with Crippen molar-refractivity contribution in [3.8, 4) is 0 Å². The van der Waals surface area contributed by atoms with Crippen molar-refractivity contribution in [1.29, 1.82) is 0 Å². The quantitative estimate of drug-likeness (QED) is 0.297. The number of piperidine rings is 1. The molecule has 1 aromatic heterocycles. The predicted molar refractivity (Wildman–Crippen MR) is 122 cm³/mol. The Balaban J connectivity index is 0.00000261. The molecule has 0 aromatic carbocycles. The average molecular weight is 487 g/mol. The minimum Gasteiger partial charge on any atom is -0.356 e. The molecule has 0 radical (unpaired) electrons. The number of nitrogens with zero attached hydrogens (tertiary/aromatic N) is 6. The molecule has 27 heavy (non-hydrogen) atoms. The number of guanidine groups is 1. The molecule has 152 valence electrons. The van der Waals surface area contributed by atoms with Crippen LogP contribution in [-0.2, 0) is 0 Å². The lowest BCUT2D eigenvalue weighted by molar-refractivity contribution is 0.251. The van der Waals surface area contributed by atoms with Gasteiger partial charge in [0.25, 0.3) is 0 Å². The van der Waals surface area contributed by atoms with Gasteiger partial charge in [-0.1, -0.05) is 6.92 Å². The molecule has 8 heteroatoms. The van der Waals surface area contributed by atoms with Gasteiger partial charge in [0, 0.05) is 65.3 Å². The Kier molecular flexibility index (Phi) is 9.53. The third-order valence-electron chi connectivity index (χ3n) is 5.44. The van der Waals surface area contributed by atoms with Gasteiger partial charge in [0.05, 0.1) is 0 Å². The van der Waals surface area contributed by atoms with Crippen LogP contribution in [-0.4, -0.2) is 85.1 Å². The van der Waals surface area contributed by atoms with Gasteiger partial charge in [0.2, 0.25) is 5.95 Å². The van der Waals surface area contributed by atoms with Gasteiger partial charge in [-0.2, -0.15) is 0 Å². The van der Waals surface area contributed by atoms with Gasteiger partial charge in [-0.05, 0) is 37.8 Å². The van der Waals surface area contributed by atoms with E-state index in [1.807, 2.05) is 25.5 Å². The molecule has 0 saturated carbocycles. The van der Waals surface area contributed by atoms with Crippen molar-refractivity contribution in [2.75, 3.05) is 64.3 Å². The SMILES string of the molecule is CN=C(NCCCN1CCN(c2ncccn2)CC1)N1CCC(C)CC1.I. The first-order valence-electron chi connectivity index (χ1n) is 9.96. The number of aliphatic imine (C=N–C) groups is 1. The van der Waals surface area contributed by atoms with E-state index in [0.29, 0.717) is 0 Å². The van der Waals surface area contributed by atoms with E-state index in [9.17, 15) is 0 Å². The zero-order chi connectivity index (χ0) is 18.2. The van der Waals surface area contributed by atoms with Crippen molar-refractivity contribution >= 4 is 35.9 Å². The Bertz CT molecular complexity index is 552. The van der Waals surface area contributed by atoms with Crippen LogP contribution in [0.15, 0.2) is 23.5 Å². The summed E-state index contributed by atoms with van der Waals surface area (Å²) in [4.78, 5) is 20.4. The van der Waals surface area contributed by atoms with E-state index in [0.717, 1.165) is 76.6 Å². The summed E-state index contributed by atoms with van der Waals surface area (Å²) in [5.41, 5.74) is 0. The molecule has 0 bridgehead atoms. The summed E-state index contributed by atoms with van der Waals surface area (Å²) in [5, 5.41) is 3.55. The maximum Gasteiger partial charge on any atom is 0.225 e. The van der Waals surface area contributed by atoms with Crippen LogP contribution in [0.2, 0.25) is 0 Å². The van der Waals surface area contributed by atoms with Gasteiger partial charge in [0.15, 0.2) is 5.96 Å². The molecule has 3 rings (SSSR count). The summed E-state index contributed by atoms with van der Waals surface area (Å²) < 4.78 is 0. The van der Waals surface area contributed by atoms with Gasteiger partial charge in [0.1, 0.15) is 0 Å². The van der Waals surface area contributed by atoms with Gasteiger partial charge >= 0.3 is 0 Å². The number of rotatable bonds is 5. The number of anilines is 1. The second kappa shape index (κ2) is 11.6. The molecule has 0 unspecified atom stereocenters. The summed E-state index contributed by atoms with van der Waals surface area (Å²) in [6.07, 6.45) is 7.32. The minimum atomic E-state index is 0. The van der Waals surface area contributed by atoms with Crippen molar-refractivity contribution in [3.05, 3.63) is 18.5 Å². The molecule has 0 aliphatic carbocycles.